The van der Waals surface area contributed by atoms with Crippen molar-refractivity contribution in [1.29, 1.82) is 0 Å². The summed E-state index contributed by atoms with van der Waals surface area (Å²) in [5.74, 6) is 0.445. The van der Waals surface area contributed by atoms with E-state index in [2.05, 4.69) is 19.2 Å². The number of aliphatic hydroxyl groups is 2. The topological polar surface area (TPSA) is 126 Å². The van der Waals surface area contributed by atoms with Crippen LogP contribution in [-0.4, -0.2) is 39.4 Å². The fraction of sp³-hybridized carbons (Fsp3) is 0.793. The maximum absolute atomic E-state index is 12.6. The van der Waals surface area contributed by atoms with Crippen molar-refractivity contribution in [2.75, 3.05) is 0 Å². The van der Waals surface area contributed by atoms with E-state index >= 15 is 0 Å². The Morgan fingerprint density at radius 1 is 1.03 bits per heavy atom. The molecule has 1 amide bonds. The Kier molecular flexibility index (Phi) is 6.24. The number of carbonyl (C=O) groups is 1. The predicted molar refractivity (Wildman–Crippen MR) is 137 cm³/mol. The first-order valence-electron chi connectivity index (χ1n) is 13.9. The first kappa shape index (κ1) is 25.9. The molecule has 0 aromatic carbocycles. The Morgan fingerprint density at radius 2 is 1.72 bits per heavy atom. The number of hydrogen-bond donors (Lipinski definition) is 4. The van der Waals surface area contributed by atoms with Crippen molar-refractivity contribution in [3.05, 3.63) is 34.4 Å². The lowest BCUT2D eigenvalue weighted by atomic mass is 9.42. The van der Waals surface area contributed by atoms with Crippen LogP contribution in [-0.2, 0) is 4.79 Å². The summed E-state index contributed by atoms with van der Waals surface area (Å²) >= 11 is 0. The van der Waals surface area contributed by atoms with Crippen LogP contribution in [0.2, 0.25) is 0 Å². The molecule has 4 aliphatic carbocycles. The van der Waals surface area contributed by atoms with Gasteiger partial charge in [-0.05, 0) is 98.5 Å². The molecule has 4 aliphatic rings. The highest BCUT2D eigenvalue weighted by Crippen LogP contribution is 2.71. The Balaban J connectivity index is 1.37. The second-order valence-corrected chi connectivity index (χ2v) is 13.3. The lowest BCUT2D eigenvalue weighted by molar-refractivity contribution is -0.247. The van der Waals surface area contributed by atoms with Crippen molar-refractivity contribution in [3.8, 4) is 0 Å². The van der Waals surface area contributed by atoms with Gasteiger partial charge >= 0.3 is 5.63 Å². The zero-order valence-electron chi connectivity index (χ0n) is 22.3. The van der Waals surface area contributed by atoms with Gasteiger partial charge in [0.05, 0.1) is 23.5 Å². The third kappa shape index (κ3) is 3.64. The fourth-order valence-electron chi connectivity index (χ4n) is 9.05. The number of nitrogens with one attached hydrogen (secondary N) is 1. The van der Waals surface area contributed by atoms with E-state index in [1.165, 1.54) is 6.07 Å². The molecule has 4 saturated carbocycles. The molecule has 7 heteroatoms. The minimum atomic E-state index is -0.864. The molecule has 7 nitrogen and oxygen atoms in total. The molecule has 36 heavy (non-hydrogen) atoms. The van der Waals surface area contributed by atoms with Gasteiger partial charge in [-0.15, -0.1) is 0 Å². The Morgan fingerprint density at radius 3 is 2.39 bits per heavy atom. The molecule has 9 atom stereocenters. The van der Waals surface area contributed by atoms with Crippen molar-refractivity contribution in [3.63, 3.8) is 0 Å². The number of amides is 1. The van der Waals surface area contributed by atoms with Gasteiger partial charge in [-0.1, -0.05) is 27.7 Å². The summed E-state index contributed by atoms with van der Waals surface area (Å²) < 4.78 is 5.19. The van der Waals surface area contributed by atoms with E-state index in [-0.39, 0.29) is 52.1 Å². The normalized spacial score (nSPS) is 44.9. The van der Waals surface area contributed by atoms with Crippen molar-refractivity contribution < 1.29 is 19.4 Å². The summed E-state index contributed by atoms with van der Waals surface area (Å²) in [6.07, 6.45) is 8.63. The number of carbonyl (C=O) groups excluding carboxylic acids is 1. The van der Waals surface area contributed by atoms with Gasteiger partial charge in [0.15, 0.2) is 0 Å². The summed E-state index contributed by atoms with van der Waals surface area (Å²) in [6.45, 7) is 8.34. The third-order valence-corrected chi connectivity index (χ3v) is 11.5. The molecule has 0 radical (unpaired) electrons. The monoisotopic (exact) mass is 500 g/mol. The zero-order chi connectivity index (χ0) is 26.1. The standard InChI is InChI=1S/C29H44N2O5/c1-17(2)24(30)25(33)31-19-7-11-26(3)21-8-12-27(4)20(18-5-6-23(32)36-16-18)10-14-29(27,35)22(21)9-13-28(26,34)15-19/h5-6,16-17,19-22,24,34-35H,7-15,30H2,1-4H3,(H,31,33)/t19-,20+,21-,22+,24-,26+,27+,28-,29-/m0/s1. The Labute approximate surface area is 214 Å². The van der Waals surface area contributed by atoms with Gasteiger partial charge in [-0.3, -0.25) is 4.79 Å². The van der Waals surface area contributed by atoms with Crippen LogP contribution in [0.25, 0.3) is 0 Å². The minimum absolute atomic E-state index is 0.0665. The van der Waals surface area contributed by atoms with Crippen LogP contribution >= 0.6 is 0 Å². The lowest BCUT2D eigenvalue weighted by Crippen LogP contribution is -2.68. The lowest BCUT2D eigenvalue weighted by Gasteiger charge is -2.66. The first-order valence-corrected chi connectivity index (χ1v) is 13.9. The molecular formula is C29H44N2O5. The van der Waals surface area contributed by atoms with Crippen LogP contribution in [0.5, 0.6) is 0 Å². The highest BCUT2D eigenvalue weighted by Gasteiger charge is 2.69. The molecule has 5 N–H and O–H groups in total. The van der Waals surface area contributed by atoms with Gasteiger partial charge < -0.3 is 25.7 Å². The smallest absolute Gasteiger partial charge is 0.335 e. The van der Waals surface area contributed by atoms with Crippen molar-refractivity contribution >= 4 is 5.91 Å². The SMILES string of the molecule is CC(C)[C@H](N)C(=O)N[C@H]1CC[C@]2(C)[C@H]3CC[C@]4(C)[C@@H](c5ccc(=O)oc5)CC[C@]4(O)[C@@H]3CC[C@]2(O)C1. The van der Waals surface area contributed by atoms with Crippen LogP contribution in [0.1, 0.15) is 97.0 Å². The summed E-state index contributed by atoms with van der Waals surface area (Å²) in [6, 6.07) is 2.73. The van der Waals surface area contributed by atoms with E-state index in [0.717, 1.165) is 50.5 Å². The summed E-state index contributed by atoms with van der Waals surface area (Å²) in [7, 11) is 0. The predicted octanol–water partition coefficient (Wildman–Crippen LogP) is 3.46. The van der Waals surface area contributed by atoms with Gasteiger partial charge in [0, 0.05) is 17.5 Å². The van der Waals surface area contributed by atoms with E-state index in [0.29, 0.717) is 12.8 Å². The molecular weight excluding hydrogens is 456 g/mol. The number of nitrogens with two attached hydrogens (primary N) is 1. The van der Waals surface area contributed by atoms with Crippen LogP contribution in [0.15, 0.2) is 27.6 Å². The second-order valence-electron chi connectivity index (χ2n) is 13.3. The molecule has 0 aliphatic heterocycles. The second kappa shape index (κ2) is 8.67. The summed E-state index contributed by atoms with van der Waals surface area (Å²) in [5, 5.41) is 27.6. The highest BCUT2D eigenvalue weighted by molar-refractivity contribution is 5.82. The number of rotatable bonds is 4. The van der Waals surface area contributed by atoms with Crippen LogP contribution < -0.4 is 16.7 Å². The quantitative estimate of drug-likeness (QED) is 0.502. The highest BCUT2D eigenvalue weighted by atomic mass is 16.4. The fourth-order valence-corrected chi connectivity index (χ4v) is 9.05. The largest absolute Gasteiger partial charge is 0.431 e. The Hall–Kier alpha value is -1.70. The molecule has 0 saturated heterocycles. The molecule has 0 bridgehead atoms. The molecule has 4 fully saturated rings. The maximum Gasteiger partial charge on any atom is 0.335 e. The molecule has 0 spiro atoms. The molecule has 200 valence electrons. The number of hydrogen-bond acceptors (Lipinski definition) is 6. The average molecular weight is 501 g/mol. The van der Waals surface area contributed by atoms with Crippen LogP contribution in [0.4, 0.5) is 0 Å². The third-order valence-electron chi connectivity index (χ3n) is 11.5. The van der Waals surface area contributed by atoms with E-state index in [9.17, 15) is 19.8 Å². The van der Waals surface area contributed by atoms with Gasteiger partial charge in [-0.25, -0.2) is 4.79 Å². The van der Waals surface area contributed by atoms with Crippen molar-refractivity contribution in [2.24, 2.45) is 34.3 Å². The van der Waals surface area contributed by atoms with E-state index in [1.807, 2.05) is 19.9 Å². The van der Waals surface area contributed by atoms with Crippen LogP contribution in [0, 0.1) is 28.6 Å². The summed E-state index contributed by atoms with van der Waals surface area (Å²) in [4.78, 5) is 24.1. The molecule has 1 aromatic rings. The number of fused-ring (bicyclic) bond motifs is 5. The maximum atomic E-state index is 12.6. The molecule has 1 heterocycles. The van der Waals surface area contributed by atoms with E-state index in [4.69, 9.17) is 10.2 Å². The van der Waals surface area contributed by atoms with Gasteiger partial charge in [0.25, 0.3) is 0 Å². The summed E-state index contributed by atoms with van der Waals surface area (Å²) in [5.41, 5.74) is 4.45. The molecule has 0 unspecified atom stereocenters. The first-order chi connectivity index (χ1) is 16.8. The van der Waals surface area contributed by atoms with Crippen molar-refractivity contribution in [1.82, 2.24) is 5.32 Å². The van der Waals surface area contributed by atoms with E-state index < -0.39 is 17.2 Å². The average Bonchev–Trinajstić information content (AvgIpc) is 3.11. The Bertz CT molecular complexity index is 1050. The van der Waals surface area contributed by atoms with Crippen molar-refractivity contribution in [2.45, 2.75) is 115 Å². The van der Waals surface area contributed by atoms with E-state index in [1.54, 1.807) is 6.26 Å². The minimum Gasteiger partial charge on any atom is -0.431 e. The van der Waals surface area contributed by atoms with Crippen LogP contribution in [0.3, 0.4) is 0 Å². The van der Waals surface area contributed by atoms with Gasteiger partial charge in [-0.2, -0.15) is 0 Å². The van der Waals surface area contributed by atoms with Gasteiger partial charge in [0.2, 0.25) is 5.91 Å². The zero-order valence-corrected chi connectivity index (χ0v) is 22.3. The molecule has 1 aromatic heterocycles. The van der Waals surface area contributed by atoms with Gasteiger partial charge in [0.1, 0.15) is 0 Å². The molecule has 5 rings (SSSR count).